The lowest BCUT2D eigenvalue weighted by Gasteiger charge is -2.05. The van der Waals surface area contributed by atoms with Crippen LogP contribution < -0.4 is 0 Å². The van der Waals surface area contributed by atoms with Gasteiger partial charge in [-0.2, -0.15) is 0 Å². The van der Waals surface area contributed by atoms with Crippen LogP contribution in [0.25, 0.3) is 0 Å². The van der Waals surface area contributed by atoms with E-state index < -0.39 is 21.1 Å². The van der Waals surface area contributed by atoms with Crippen LogP contribution in [-0.4, -0.2) is 21.1 Å². The third kappa shape index (κ3) is 33.5. The third-order valence-corrected chi connectivity index (χ3v) is 9.15. The molecule has 0 atom stereocenters. The minimum atomic E-state index is -3.08. The van der Waals surface area contributed by atoms with E-state index in [9.17, 15) is 14.1 Å². The molecule has 0 saturated carbocycles. The van der Waals surface area contributed by atoms with Crippen LogP contribution in [0, 0.1) is 0 Å². The van der Waals surface area contributed by atoms with Crippen molar-refractivity contribution in [2.45, 2.75) is 219 Å². The van der Waals surface area contributed by atoms with Gasteiger partial charge in [0.2, 0.25) is 0 Å². The van der Waals surface area contributed by atoms with E-state index in [4.69, 9.17) is 8.85 Å². The van der Waals surface area contributed by atoms with E-state index in [2.05, 4.69) is 13.8 Å². The molecule has 0 bridgehead atoms. The molecule has 0 amide bonds. The number of rotatable bonds is 34. The van der Waals surface area contributed by atoms with Gasteiger partial charge in [-0.15, -0.1) is 0 Å². The summed E-state index contributed by atoms with van der Waals surface area (Å²) in [6, 6.07) is 0. The van der Waals surface area contributed by atoms with Crippen molar-refractivity contribution in [3.05, 3.63) is 0 Å². The maximum atomic E-state index is 11.9. The highest BCUT2D eigenvalue weighted by Crippen LogP contribution is 2.15. The van der Waals surface area contributed by atoms with Crippen molar-refractivity contribution in [3.8, 4) is 0 Å². The van der Waals surface area contributed by atoms with Gasteiger partial charge in [-0.1, -0.05) is 194 Å². The van der Waals surface area contributed by atoms with Gasteiger partial charge < -0.3 is 8.85 Å². The lowest BCUT2D eigenvalue weighted by Crippen LogP contribution is -2.21. The van der Waals surface area contributed by atoms with Gasteiger partial charge in [0.15, 0.2) is 0 Å². The Balaban J connectivity index is 3.40. The van der Waals surface area contributed by atoms with Crippen molar-refractivity contribution in [3.63, 3.8) is 0 Å². The van der Waals surface area contributed by atoms with E-state index in [1.807, 2.05) is 0 Å². The number of carbonyl (C=O) groups excluding carboxylic acids is 2. The Bertz CT molecular complexity index is 560. The monoisotopic (exact) mass is 610 g/mol. The molecular weight excluding hydrogens is 540 g/mol. The maximum absolute atomic E-state index is 11.9. The van der Waals surface area contributed by atoms with Crippen LogP contribution in [0.15, 0.2) is 0 Å². The fourth-order valence-corrected chi connectivity index (χ4v) is 6.21. The van der Waals surface area contributed by atoms with Gasteiger partial charge in [-0.05, 0) is 12.8 Å². The summed E-state index contributed by atoms with van der Waals surface area (Å²) in [5, 5.41) is 0. The summed E-state index contributed by atoms with van der Waals surface area (Å²) >= 11 is 0. The lowest BCUT2D eigenvalue weighted by molar-refractivity contribution is -0.141. The van der Waals surface area contributed by atoms with E-state index >= 15 is 0 Å². The van der Waals surface area contributed by atoms with E-state index in [1.165, 1.54) is 154 Å². The first-order chi connectivity index (χ1) is 20.6. The molecule has 0 aromatic rings. The quantitative estimate of drug-likeness (QED) is 0.0535. The van der Waals surface area contributed by atoms with Crippen molar-refractivity contribution in [1.82, 2.24) is 0 Å². The summed E-state index contributed by atoms with van der Waals surface area (Å²) in [7, 11) is -3.08. The summed E-state index contributed by atoms with van der Waals surface area (Å²) in [6.45, 7) is 4.53. The molecule has 0 saturated heterocycles. The van der Waals surface area contributed by atoms with E-state index in [0.717, 1.165) is 38.5 Å². The number of hydrogen-bond acceptors (Lipinski definition) is 5. The Kier molecular flexibility index (Phi) is 33.6. The van der Waals surface area contributed by atoms with Crippen LogP contribution in [-0.2, 0) is 22.9 Å². The number of carbonyl (C=O) groups is 2. The Labute approximate surface area is 263 Å². The average molecular weight is 611 g/mol. The fraction of sp³-hybridized carbons (Fsp3) is 0.944. The van der Waals surface area contributed by atoms with Crippen LogP contribution in [0.5, 0.6) is 0 Å². The van der Waals surface area contributed by atoms with E-state index in [-0.39, 0.29) is 12.8 Å². The minimum Gasteiger partial charge on any atom is -0.430 e. The summed E-state index contributed by atoms with van der Waals surface area (Å²) < 4.78 is 21.5. The molecule has 0 fully saturated rings. The third-order valence-electron chi connectivity index (χ3n) is 8.36. The first kappa shape index (κ1) is 41.0. The molecule has 0 aromatic heterocycles. The highest BCUT2D eigenvalue weighted by Gasteiger charge is 2.20. The molecule has 0 aromatic carbocycles. The zero-order valence-corrected chi connectivity index (χ0v) is 29.2. The molecule has 0 aliphatic rings. The Morgan fingerprint density at radius 2 is 0.548 bits per heavy atom. The summed E-state index contributed by atoms with van der Waals surface area (Å²) in [5.41, 5.74) is 0. The smallest absolute Gasteiger partial charge is 0.430 e. The van der Waals surface area contributed by atoms with Gasteiger partial charge in [0, 0.05) is 12.8 Å². The van der Waals surface area contributed by atoms with Crippen molar-refractivity contribution < 1.29 is 22.9 Å². The van der Waals surface area contributed by atoms with E-state index in [0.29, 0.717) is 0 Å². The fourth-order valence-electron chi connectivity index (χ4n) is 5.59. The molecule has 5 nitrogen and oxygen atoms in total. The Morgan fingerprint density at radius 1 is 0.357 bits per heavy atom. The van der Waals surface area contributed by atoms with Crippen LogP contribution in [0.3, 0.4) is 0 Å². The largest absolute Gasteiger partial charge is 0.782 e. The van der Waals surface area contributed by atoms with Gasteiger partial charge in [-0.3, -0.25) is 14.1 Å². The Morgan fingerprint density at radius 3 is 0.762 bits per heavy atom. The van der Waals surface area contributed by atoms with Crippen LogP contribution in [0.2, 0.25) is 0 Å². The predicted octanol–water partition coefficient (Wildman–Crippen LogP) is 12.0. The highest BCUT2D eigenvalue weighted by molar-refractivity contribution is 6.32. The van der Waals surface area contributed by atoms with Crippen molar-refractivity contribution in [1.29, 1.82) is 0 Å². The molecule has 0 aliphatic heterocycles. The van der Waals surface area contributed by atoms with Crippen molar-refractivity contribution >= 4 is 21.1 Å². The number of unbranched alkanes of at least 4 members (excludes halogenated alkanes) is 28. The summed E-state index contributed by atoms with van der Waals surface area (Å²) in [4.78, 5) is 23.8. The predicted molar refractivity (Wildman–Crippen MR) is 178 cm³/mol. The molecule has 0 rings (SSSR count). The lowest BCUT2D eigenvalue weighted by atomic mass is 10.0. The van der Waals surface area contributed by atoms with Gasteiger partial charge >= 0.3 is 21.1 Å². The maximum Gasteiger partial charge on any atom is 0.782 e. The zero-order valence-electron chi connectivity index (χ0n) is 28.2. The normalized spacial score (nSPS) is 11.1. The SMILES string of the molecule is CCCCCCCCCCCCCCCCCC(=O)O[Si](=O)OC(=O)CCCCCCCCCCCCCCCCC. The summed E-state index contributed by atoms with van der Waals surface area (Å²) in [6.07, 6.45) is 38.5. The van der Waals surface area contributed by atoms with Gasteiger partial charge in [-0.25, -0.2) is 0 Å². The summed E-state index contributed by atoms with van der Waals surface area (Å²) in [5.74, 6) is -1.04. The molecule has 0 spiro atoms. The van der Waals surface area contributed by atoms with Crippen molar-refractivity contribution in [2.24, 2.45) is 0 Å². The molecule has 6 heteroatoms. The molecule has 0 radical (unpaired) electrons. The molecule has 0 aliphatic carbocycles. The second kappa shape index (κ2) is 34.4. The minimum absolute atomic E-state index is 0.241. The number of hydrogen-bond donors (Lipinski definition) is 0. The molecule has 0 unspecified atom stereocenters. The molecule has 248 valence electrons. The molecular formula is C36H70O5Si. The van der Waals surface area contributed by atoms with Gasteiger partial charge in [0.1, 0.15) is 0 Å². The zero-order chi connectivity index (χ0) is 30.8. The van der Waals surface area contributed by atoms with Crippen LogP contribution >= 0.6 is 0 Å². The first-order valence-corrected chi connectivity index (χ1v) is 19.8. The van der Waals surface area contributed by atoms with Crippen LogP contribution in [0.1, 0.15) is 219 Å². The standard InChI is InChI=1S/C36H70O5Si/c1-3-5-7-9-11-13-15-17-19-21-23-25-27-29-31-33-35(37)40-42(39)41-36(38)34-32-30-28-26-24-22-20-18-16-14-12-10-8-6-4-2/h3-34H2,1-2H3. The Hall–Kier alpha value is -1.04. The molecule has 0 heterocycles. The second-order valence-electron chi connectivity index (χ2n) is 12.6. The van der Waals surface area contributed by atoms with Crippen molar-refractivity contribution in [2.75, 3.05) is 0 Å². The average Bonchev–Trinajstić information content (AvgIpc) is 2.97. The molecule has 0 N–H and O–H groups in total. The molecule has 42 heavy (non-hydrogen) atoms. The van der Waals surface area contributed by atoms with E-state index in [1.54, 1.807) is 0 Å². The van der Waals surface area contributed by atoms with Gasteiger partial charge in [0.25, 0.3) is 0 Å². The second-order valence-corrected chi connectivity index (χ2v) is 13.5. The van der Waals surface area contributed by atoms with Gasteiger partial charge in [0.05, 0.1) is 0 Å². The highest BCUT2D eigenvalue weighted by atomic mass is 28.3. The topological polar surface area (TPSA) is 69.7 Å². The van der Waals surface area contributed by atoms with Crippen LogP contribution in [0.4, 0.5) is 0 Å². The first-order valence-electron chi connectivity index (χ1n) is 18.6.